The van der Waals surface area contributed by atoms with E-state index in [0.29, 0.717) is 18.2 Å². The summed E-state index contributed by atoms with van der Waals surface area (Å²) in [4.78, 5) is 26.2. The lowest BCUT2D eigenvalue weighted by molar-refractivity contribution is -0.133. The number of nitrogens with zero attached hydrogens (tertiary/aromatic N) is 2. The van der Waals surface area contributed by atoms with Crippen molar-refractivity contribution in [2.45, 2.75) is 25.5 Å². The number of carboxylic acids is 1. The maximum absolute atomic E-state index is 11.0. The lowest BCUT2D eigenvalue weighted by Gasteiger charge is -2.08. The van der Waals surface area contributed by atoms with Crippen molar-refractivity contribution < 1.29 is 14.7 Å². The Labute approximate surface area is 126 Å². The number of thioether (sulfide) groups is 1. The van der Waals surface area contributed by atoms with Crippen LogP contribution in [0.25, 0.3) is 11.0 Å². The maximum atomic E-state index is 11.0. The van der Waals surface area contributed by atoms with Crippen LogP contribution in [0, 0.1) is 6.92 Å². The molecule has 2 aromatic rings. The third-order valence-electron chi connectivity index (χ3n) is 2.90. The molecule has 2 N–H and O–H groups in total. The summed E-state index contributed by atoms with van der Waals surface area (Å²) in [5.41, 5.74) is 2.88. The number of benzene rings is 1. The number of carbonyl (C=O) groups excluding carboxylic acids is 1. The first kappa shape index (κ1) is 15.4. The minimum atomic E-state index is -0.878. The van der Waals surface area contributed by atoms with E-state index in [2.05, 4.69) is 10.3 Å². The van der Waals surface area contributed by atoms with Gasteiger partial charge in [0.15, 0.2) is 5.16 Å². The van der Waals surface area contributed by atoms with Gasteiger partial charge < -0.3 is 15.0 Å². The van der Waals surface area contributed by atoms with Crippen LogP contribution < -0.4 is 5.32 Å². The molecular formula is C14H17N3O3S. The third-order valence-corrected chi connectivity index (χ3v) is 3.86. The number of hydrogen-bond acceptors (Lipinski definition) is 4. The van der Waals surface area contributed by atoms with Crippen LogP contribution in [0.3, 0.4) is 0 Å². The fourth-order valence-corrected chi connectivity index (χ4v) is 2.77. The highest BCUT2D eigenvalue weighted by Crippen LogP contribution is 2.24. The van der Waals surface area contributed by atoms with Gasteiger partial charge in [-0.2, -0.15) is 0 Å². The molecule has 0 bridgehead atoms. The van der Waals surface area contributed by atoms with E-state index < -0.39 is 5.97 Å². The molecule has 0 aliphatic carbocycles. The maximum Gasteiger partial charge on any atom is 0.313 e. The molecule has 0 aliphatic heterocycles. The lowest BCUT2D eigenvalue weighted by Crippen LogP contribution is -2.24. The molecule has 1 amide bonds. The molecule has 0 spiro atoms. The van der Waals surface area contributed by atoms with Gasteiger partial charge in [0.25, 0.3) is 0 Å². The topological polar surface area (TPSA) is 84.2 Å². The molecule has 112 valence electrons. The first-order chi connectivity index (χ1) is 9.97. The zero-order valence-electron chi connectivity index (χ0n) is 11.9. The molecule has 1 aromatic carbocycles. The van der Waals surface area contributed by atoms with Gasteiger partial charge in [0.2, 0.25) is 5.91 Å². The number of rotatable bonds is 6. The van der Waals surface area contributed by atoms with Crippen molar-refractivity contribution in [1.29, 1.82) is 0 Å². The first-order valence-electron chi connectivity index (χ1n) is 6.53. The Morgan fingerprint density at radius 3 is 2.86 bits per heavy atom. The molecule has 1 heterocycles. The normalized spacial score (nSPS) is 10.8. The van der Waals surface area contributed by atoms with Gasteiger partial charge >= 0.3 is 5.97 Å². The van der Waals surface area contributed by atoms with E-state index in [1.165, 1.54) is 18.7 Å². The van der Waals surface area contributed by atoms with Crippen molar-refractivity contribution >= 4 is 34.7 Å². The molecule has 0 aliphatic rings. The van der Waals surface area contributed by atoms with Crippen LogP contribution in [0.15, 0.2) is 23.4 Å². The summed E-state index contributed by atoms with van der Waals surface area (Å²) in [6.45, 7) is 4.49. The van der Waals surface area contributed by atoms with Gasteiger partial charge in [-0.15, -0.1) is 0 Å². The van der Waals surface area contributed by atoms with Gasteiger partial charge in [-0.25, -0.2) is 4.98 Å². The Morgan fingerprint density at radius 2 is 2.19 bits per heavy atom. The minimum Gasteiger partial charge on any atom is -0.481 e. The molecule has 6 nitrogen and oxygen atoms in total. The van der Waals surface area contributed by atoms with Crippen molar-refractivity contribution in [2.24, 2.45) is 0 Å². The highest BCUT2D eigenvalue weighted by Gasteiger charge is 2.12. The number of aromatic nitrogens is 2. The standard InChI is InChI=1S/C14H17N3O3S/c1-9-3-4-12-11(7-9)16-14(21-8-13(19)20)17(12)6-5-15-10(2)18/h3-4,7H,5-6,8H2,1-2H3,(H,15,18)(H,19,20). The van der Waals surface area contributed by atoms with Crippen LogP contribution in [0.2, 0.25) is 0 Å². The Bertz CT molecular complexity index is 681. The largest absolute Gasteiger partial charge is 0.481 e. The number of amides is 1. The van der Waals surface area contributed by atoms with Gasteiger partial charge in [0.1, 0.15) is 0 Å². The van der Waals surface area contributed by atoms with E-state index in [4.69, 9.17) is 5.11 Å². The van der Waals surface area contributed by atoms with Crippen LogP contribution in [0.1, 0.15) is 12.5 Å². The molecule has 0 atom stereocenters. The predicted molar refractivity (Wildman–Crippen MR) is 81.5 cm³/mol. The Balaban J connectivity index is 2.29. The molecule has 0 saturated carbocycles. The molecule has 0 radical (unpaired) electrons. The average molecular weight is 307 g/mol. The first-order valence-corrected chi connectivity index (χ1v) is 7.52. The molecule has 21 heavy (non-hydrogen) atoms. The van der Waals surface area contributed by atoms with Crippen LogP contribution in [0.4, 0.5) is 0 Å². The minimum absolute atomic E-state index is 0.0392. The summed E-state index contributed by atoms with van der Waals surface area (Å²) >= 11 is 1.19. The average Bonchev–Trinajstić information content (AvgIpc) is 2.73. The van der Waals surface area contributed by atoms with Gasteiger partial charge in [-0.1, -0.05) is 17.8 Å². The van der Waals surface area contributed by atoms with Crippen molar-refractivity contribution in [2.75, 3.05) is 12.3 Å². The number of carboxylic acid groups (broad SMARTS) is 1. The second kappa shape index (κ2) is 6.62. The monoisotopic (exact) mass is 307 g/mol. The summed E-state index contributed by atoms with van der Waals surface area (Å²) in [7, 11) is 0. The zero-order chi connectivity index (χ0) is 15.4. The second-order valence-electron chi connectivity index (χ2n) is 4.70. The number of fused-ring (bicyclic) bond motifs is 1. The number of aryl methyl sites for hydroxylation is 1. The number of aliphatic carboxylic acids is 1. The Kier molecular flexibility index (Phi) is 4.85. The molecule has 7 heteroatoms. The van der Waals surface area contributed by atoms with Gasteiger partial charge in [0, 0.05) is 20.0 Å². The van der Waals surface area contributed by atoms with Gasteiger partial charge in [-0.05, 0) is 24.6 Å². The smallest absolute Gasteiger partial charge is 0.313 e. The highest BCUT2D eigenvalue weighted by atomic mass is 32.2. The third kappa shape index (κ3) is 3.98. The van der Waals surface area contributed by atoms with E-state index in [9.17, 15) is 9.59 Å². The summed E-state index contributed by atoms with van der Waals surface area (Å²) in [5.74, 6) is -1.01. The van der Waals surface area contributed by atoms with Gasteiger partial charge in [0.05, 0.1) is 16.8 Å². The van der Waals surface area contributed by atoms with Crippen molar-refractivity contribution in [3.63, 3.8) is 0 Å². The van der Waals surface area contributed by atoms with Crippen molar-refractivity contribution in [3.05, 3.63) is 23.8 Å². The second-order valence-corrected chi connectivity index (χ2v) is 5.65. The van der Waals surface area contributed by atoms with E-state index in [1.54, 1.807) is 0 Å². The number of hydrogen-bond donors (Lipinski definition) is 2. The molecular weight excluding hydrogens is 290 g/mol. The molecule has 1 aromatic heterocycles. The molecule has 0 saturated heterocycles. The molecule has 0 fully saturated rings. The van der Waals surface area contributed by atoms with E-state index in [1.807, 2.05) is 29.7 Å². The summed E-state index contributed by atoms with van der Waals surface area (Å²) in [6, 6.07) is 5.93. The van der Waals surface area contributed by atoms with Crippen LogP contribution in [-0.4, -0.2) is 38.8 Å². The lowest BCUT2D eigenvalue weighted by atomic mass is 10.2. The van der Waals surface area contributed by atoms with E-state index in [0.717, 1.165) is 16.6 Å². The van der Waals surface area contributed by atoms with Crippen molar-refractivity contribution in [1.82, 2.24) is 14.9 Å². The fraction of sp³-hybridized carbons (Fsp3) is 0.357. The summed E-state index contributed by atoms with van der Waals surface area (Å²) in [6.07, 6.45) is 0. The predicted octanol–water partition coefficient (Wildman–Crippen LogP) is 1.66. The number of nitrogens with one attached hydrogen (secondary N) is 1. The van der Waals surface area contributed by atoms with Crippen LogP contribution in [0.5, 0.6) is 0 Å². The van der Waals surface area contributed by atoms with E-state index in [-0.39, 0.29) is 11.7 Å². The fourth-order valence-electron chi connectivity index (χ4n) is 2.01. The SMILES string of the molecule is CC(=O)NCCn1c(SCC(=O)O)nc2cc(C)ccc21. The Morgan fingerprint density at radius 1 is 1.43 bits per heavy atom. The number of carbonyl (C=O) groups is 2. The molecule has 0 unspecified atom stereocenters. The highest BCUT2D eigenvalue weighted by molar-refractivity contribution is 7.99. The Hall–Kier alpha value is -2.02. The summed E-state index contributed by atoms with van der Waals surface area (Å²) < 4.78 is 1.94. The van der Waals surface area contributed by atoms with Crippen molar-refractivity contribution in [3.8, 4) is 0 Å². The van der Waals surface area contributed by atoms with Crippen LogP contribution >= 0.6 is 11.8 Å². The van der Waals surface area contributed by atoms with Crippen LogP contribution in [-0.2, 0) is 16.1 Å². The zero-order valence-corrected chi connectivity index (χ0v) is 12.7. The van der Waals surface area contributed by atoms with Gasteiger partial charge in [-0.3, -0.25) is 9.59 Å². The summed E-state index contributed by atoms with van der Waals surface area (Å²) in [5, 5.41) is 12.2. The number of imidazole rings is 1. The molecule has 2 rings (SSSR count). The van der Waals surface area contributed by atoms with E-state index >= 15 is 0 Å². The quantitative estimate of drug-likeness (QED) is 0.793.